The molecule has 1 N–H and O–H groups in total. The molecule has 31 heavy (non-hydrogen) atoms. The minimum atomic E-state index is -0.438. The van der Waals surface area contributed by atoms with Gasteiger partial charge in [-0.1, -0.05) is 44.6 Å². The number of oxazole rings is 1. The van der Waals surface area contributed by atoms with E-state index in [1.807, 2.05) is 0 Å². The van der Waals surface area contributed by atoms with Crippen molar-refractivity contribution in [1.82, 2.24) is 15.2 Å². The lowest BCUT2D eigenvalue weighted by molar-refractivity contribution is 0.0591. The molecule has 2 aliphatic rings. The zero-order valence-corrected chi connectivity index (χ0v) is 17.8. The number of halogens is 1. The number of nitrogens with one attached hydrogen (secondary N) is 1. The van der Waals surface area contributed by atoms with E-state index in [0.29, 0.717) is 11.5 Å². The molecular weight excluding hydrogens is 397 g/mol. The third-order valence-corrected chi connectivity index (χ3v) is 6.38. The fraction of sp³-hybridized carbons (Fsp3) is 0.542. The topological polar surface area (TPSA) is 75.4 Å². The van der Waals surface area contributed by atoms with E-state index in [9.17, 15) is 14.0 Å². The van der Waals surface area contributed by atoms with Crippen molar-refractivity contribution in [2.75, 3.05) is 0 Å². The first-order valence-corrected chi connectivity index (χ1v) is 11.4. The number of nitrogens with zero attached hydrogens (tertiary/aromatic N) is 2. The van der Waals surface area contributed by atoms with Crippen LogP contribution >= 0.6 is 0 Å². The molecule has 0 saturated heterocycles. The molecule has 0 unspecified atom stereocenters. The monoisotopic (exact) mass is 427 g/mol. The van der Waals surface area contributed by atoms with Crippen LogP contribution in [0.3, 0.4) is 0 Å². The molecule has 2 amide bonds. The lowest BCUT2D eigenvalue weighted by Gasteiger charge is -2.33. The van der Waals surface area contributed by atoms with E-state index < -0.39 is 5.82 Å². The maximum absolute atomic E-state index is 13.7. The van der Waals surface area contributed by atoms with Crippen molar-refractivity contribution >= 4 is 11.8 Å². The molecule has 0 spiro atoms. The highest BCUT2D eigenvalue weighted by Gasteiger charge is 2.28. The second-order valence-corrected chi connectivity index (χ2v) is 8.67. The van der Waals surface area contributed by atoms with Crippen LogP contribution in [-0.2, 0) is 6.54 Å². The molecule has 0 aliphatic heterocycles. The lowest BCUT2D eigenvalue weighted by atomic mass is 9.93. The third kappa shape index (κ3) is 5.51. The highest BCUT2D eigenvalue weighted by atomic mass is 19.1. The maximum atomic E-state index is 13.7. The number of aromatic nitrogens is 1. The van der Waals surface area contributed by atoms with E-state index in [2.05, 4.69) is 10.3 Å². The Balaban J connectivity index is 1.47. The molecule has 2 saturated carbocycles. The molecule has 1 heterocycles. The first-order chi connectivity index (χ1) is 15.1. The van der Waals surface area contributed by atoms with Gasteiger partial charge in [-0.05, 0) is 43.9 Å². The largest absolute Gasteiger partial charge is 0.446 e. The summed E-state index contributed by atoms with van der Waals surface area (Å²) >= 11 is 0. The quantitative estimate of drug-likeness (QED) is 0.715. The van der Waals surface area contributed by atoms with E-state index in [0.717, 1.165) is 57.8 Å². The van der Waals surface area contributed by atoms with Gasteiger partial charge in [-0.3, -0.25) is 9.59 Å². The van der Waals surface area contributed by atoms with Gasteiger partial charge in [0.15, 0.2) is 5.69 Å². The third-order valence-electron chi connectivity index (χ3n) is 6.38. The highest BCUT2D eigenvalue weighted by Crippen LogP contribution is 2.26. The van der Waals surface area contributed by atoms with E-state index in [1.165, 1.54) is 24.8 Å². The van der Waals surface area contributed by atoms with E-state index >= 15 is 0 Å². The Morgan fingerprint density at radius 1 is 1.06 bits per heavy atom. The molecule has 4 rings (SSSR count). The molecule has 166 valence electrons. The first kappa shape index (κ1) is 21.5. The van der Waals surface area contributed by atoms with Crippen LogP contribution in [-0.4, -0.2) is 33.8 Å². The second-order valence-electron chi connectivity index (χ2n) is 8.67. The molecule has 7 heteroatoms. The average molecular weight is 428 g/mol. The van der Waals surface area contributed by atoms with Crippen molar-refractivity contribution < 1.29 is 18.4 Å². The minimum Gasteiger partial charge on any atom is -0.446 e. The van der Waals surface area contributed by atoms with Gasteiger partial charge in [-0.2, -0.15) is 0 Å². The number of carbonyl (C=O) groups is 2. The number of rotatable bonds is 6. The van der Waals surface area contributed by atoms with Gasteiger partial charge in [0, 0.05) is 17.6 Å². The Morgan fingerprint density at radius 3 is 2.48 bits per heavy atom. The highest BCUT2D eigenvalue weighted by molar-refractivity contribution is 5.94. The Bertz CT molecular complexity index is 901. The molecule has 1 aromatic carbocycles. The van der Waals surface area contributed by atoms with E-state index in [4.69, 9.17) is 4.42 Å². The summed E-state index contributed by atoms with van der Waals surface area (Å²) in [7, 11) is 0. The van der Waals surface area contributed by atoms with Gasteiger partial charge in [-0.25, -0.2) is 9.37 Å². The molecule has 2 aliphatic carbocycles. The van der Waals surface area contributed by atoms with Crippen LogP contribution < -0.4 is 5.32 Å². The standard InChI is InChI=1S/C24H30FN3O3/c25-18-9-7-8-17(14-18)24(30)28(20-12-5-2-6-13-20)15-22-27-21(16-31-22)23(29)26-19-10-3-1-4-11-19/h7-9,14,16,19-20H,1-6,10-13,15H2,(H,26,29). The Kier molecular flexibility index (Phi) is 6.99. The molecule has 2 aromatic rings. The van der Waals surface area contributed by atoms with Crippen molar-refractivity contribution in [3.63, 3.8) is 0 Å². The SMILES string of the molecule is O=C(NC1CCCCC1)c1coc(CN(C(=O)c2cccc(F)c2)C2CCCCC2)n1. The van der Waals surface area contributed by atoms with Gasteiger partial charge in [0.2, 0.25) is 5.89 Å². The number of carbonyl (C=O) groups excluding carboxylic acids is 2. The summed E-state index contributed by atoms with van der Waals surface area (Å²) in [6, 6.07) is 6.00. The van der Waals surface area contributed by atoms with E-state index in [1.54, 1.807) is 17.0 Å². The van der Waals surface area contributed by atoms with Crippen molar-refractivity contribution in [1.29, 1.82) is 0 Å². The van der Waals surface area contributed by atoms with Gasteiger partial charge in [0.25, 0.3) is 11.8 Å². The summed E-state index contributed by atoms with van der Waals surface area (Å²) < 4.78 is 19.3. The van der Waals surface area contributed by atoms with Gasteiger partial charge >= 0.3 is 0 Å². The zero-order valence-electron chi connectivity index (χ0n) is 17.8. The van der Waals surface area contributed by atoms with Crippen LogP contribution in [0.2, 0.25) is 0 Å². The fourth-order valence-electron chi connectivity index (χ4n) is 4.69. The van der Waals surface area contributed by atoms with Gasteiger partial charge in [0.05, 0.1) is 6.54 Å². The summed E-state index contributed by atoms with van der Waals surface area (Å²) in [6.45, 7) is 0.163. The molecule has 0 bridgehead atoms. The molecule has 0 radical (unpaired) electrons. The average Bonchev–Trinajstić information content (AvgIpc) is 3.27. The van der Waals surface area contributed by atoms with Crippen LogP contribution in [0.15, 0.2) is 34.9 Å². The predicted octanol–water partition coefficient (Wildman–Crippen LogP) is 4.85. The van der Waals surface area contributed by atoms with Crippen molar-refractivity contribution in [3.8, 4) is 0 Å². The summed E-state index contributed by atoms with van der Waals surface area (Å²) in [4.78, 5) is 31.8. The minimum absolute atomic E-state index is 0.0518. The van der Waals surface area contributed by atoms with Crippen molar-refractivity contribution in [2.24, 2.45) is 0 Å². The first-order valence-electron chi connectivity index (χ1n) is 11.4. The summed E-state index contributed by atoms with van der Waals surface area (Å²) in [5, 5.41) is 3.04. The van der Waals surface area contributed by atoms with Crippen LogP contribution in [0.1, 0.15) is 90.9 Å². The molecule has 1 aromatic heterocycles. The van der Waals surface area contributed by atoms with Gasteiger partial charge in [0.1, 0.15) is 12.1 Å². The molecular formula is C24H30FN3O3. The van der Waals surface area contributed by atoms with E-state index in [-0.39, 0.29) is 36.1 Å². The molecule has 6 nitrogen and oxygen atoms in total. The normalized spacial score (nSPS) is 18.0. The number of amides is 2. The Morgan fingerprint density at radius 2 is 1.77 bits per heavy atom. The second kappa shape index (κ2) is 10.1. The lowest BCUT2D eigenvalue weighted by Crippen LogP contribution is -2.41. The Hall–Kier alpha value is -2.70. The molecule has 0 atom stereocenters. The van der Waals surface area contributed by atoms with Gasteiger partial charge in [-0.15, -0.1) is 0 Å². The number of hydrogen-bond donors (Lipinski definition) is 1. The van der Waals surface area contributed by atoms with Crippen LogP contribution in [0.4, 0.5) is 4.39 Å². The summed E-state index contributed by atoms with van der Waals surface area (Å²) in [5.74, 6) is -0.586. The number of benzene rings is 1. The zero-order chi connectivity index (χ0) is 21.6. The predicted molar refractivity (Wildman–Crippen MR) is 114 cm³/mol. The smallest absolute Gasteiger partial charge is 0.273 e. The maximum Gasteiger partial charge on any atom is 0.273 e. The summed E-state index contributed by atoms with van der Waals surface area (Å²) in [5.41, 5.74) is 0.551. The fourth-order valence-corrected chi connectivity index (χ4v) is 4.69. The van der Waals surface area contributed by atoms with Crippen LogP contribution in [0.25, 0.3) is 0 Å². The Labute approximate surface area is 182 Å². The number of hydrogen-bond acceptors (Lipinski definition) is 4. The van der Waals surface area contributed by atoms with Crippen LogP contribution in [0, 0.1) is 5.82 Å². The molecule has 2 fully saturated rings. The van der Waals surface area contributed by atoms with Crippen LogP contribution in [0.5, 0.6) is 0 Å². The van der Waals surface area contributed by atoms with Gasteiger partial charge < -0.3 is 14.6 Å². The van der Waals surface area contributed by atoms with Crippen molar-refractivity contribution in [3.05, 3.63) is 53.5 Å². The summed E-state index contributed by atoms with van der Waals surface area (Å²) in [6.07, 6.45) is 11.9. The van der Waals surface area contributed by atoms with Crippen molar-refractivity contribution in [2.45, 2.75) is 82.8 Å².